The lowest BCUT2D eigenvalue weighted by Gasteiger charge is -2.46. The molecular formula is C19H26BrF3O5S. The zero-order valence-corrected chi connectivity index (χ0v) is 19.5. The van der Waals surface area contributed by atoms with E-state index in [1.807, 2.05) is 0 Å². The van der Waals surface area contributed by atoms with Crippen LogP contribution in [0.4, 0.5) is 13.2 Å². The number of hydrogen-bond donors (Lipinski definition) is 1. The Kier molecular flexibility index (Phi) is 7.31. The summed E-state index contributed by atoms with van der Waals surface area (Å²) in [7, 11) is -4.14. The van der Waals surface area contributed by atoms with E-state index in [9.17, 15) is 17.6 Å². The smallest absolute Gasteiger partial charge is 0.329 e. The Bertz CT molecular complexity index is 878. The highest BCUT2D eigenvalue weighted by molar-refractivity contribution is 9.10. The predicted molar refractivity (Wildman–Crippen MR) is 108 cm³/mol. The number of carboxylic acid groups (broad SMARTS) is 1. The van der Waals surface area contributed by atoms with Crippen molar-refractivity contribution in [3.63, 3.8) is 0 Å². The Morgan fingerprint density at radius 3 is 2.10 bits per heavy atom. The first-order valence-corrected chi connectivity index (χ1v) is 11.1. The molecule has 1 aromatic rings. The molecule has 0 aliphatic heterocycles. The highest BCUT2D eigenvalue weighted by atomic mass is 79.9. The van der Waals surface area contributed by atoms with Gasteiger partial charge in [-0.15, -0.1) is 0 Å². The second kappa shape index (κ2) is 8.19. The van der Waals surface area contributed by atoms with E-state index in [0.29, 0.717) is 0 Å². The number of carbonyl (C=O) groups is 1. The first-order valence-electron chi connectivity index (χ1n) is 8.70. The van der Waals surface area contributed by atoms with Crippen molar-refractivity contribution in [2.75, 3.05) is 12.4 Å². The van der Waals surface area contributed by atoms with Crippen LogP contribution in [0.5, 0.6) is 0 Å². The molecule has 10 heteroatoms. The minimum absolute atomic E-state index is 0.286. The molecule has 0 aliphatic carbocycles. The maximum absolute atomic E-state index is 15.9. The number of carboxylic acids is 1. The predicted octanol–water partition coefficient (Wildman–Crippen LogP) is 4.57. The summed E-state index contributed by atoms with van der Waals surface area (Å²) in [6.07, 6.45) is 0. The highest BCUT2D eigenvalue weighted by Gasteiger charge is 2.64. The first-order chi connectivity index (χ1) is 12.8. The molecule has 0 unspecified atom stereocenters. The number of halogens is 4. The number of aliphatic carboxylic acids is 1. The summed E-state index contributed by atoms with van der Waals surface area (Å²) < 4.78 is 76.0. The molecule has 0 saturated carbocycles. The van der Waals surface area contributed by atoms with E-state index in [1.165, 1.54) is 26.8 Å². The number of hydrogen-bond acceptors (Lipinski definition) is 4. The van der Waals surface area contributed by atoms with Crippen molar-refractivity contribution < 1.29 is 36.2 Å². The van der Waals surface area contributed by atoms with E-state index in [-0.39, 0.29) is 4.47 Å². The van der Waals surface area contributed by atoms with E-state index in [4.69, 9.17) is 9.84 Å². The second-order valence-electron chi connectivity index (χ2n) is 8.59. The summed E-state index contributed by atoms with van der Waals surface area (Å²) in [5, 5.41) is 8.80. The van der Waals surface area contributed by atoms with Gasteiger partial charge in [-0.3, -0.25) is 0 Å². The van der Waals surface area contributed by atoms with Gasteiger partial charge in [0.25, 0.3) is 5.92 Å². The molecule has 0 bridgehead atoms. The highest BCUT2D eigenvalue weighted by Crippen LogP contribution is 2.50. The molecule has 0 fully saturated rings. The third kappa shape index (κ3) is 5.14. The standard InChI is InChI=1S/C19H26BrF3O5S/c1-16(2,3)29(26,27)11-18(6,13-9-12(20)7-8-14(13)21)19(22,23)17(4,5)28-10-15(24)25/h7-9H,10-11H2,1-6H3,(H,24,25)/t18-/m1/s1. The van der Waals surface area contributed by atoms with Crippen LogP contribution in [0, 0.1) is 5.82 Å². The molecule has 0 amide bonds. The maximum Gasteiger partial charge on any atom is 0.329 e. The van der Waals surface area contributed by atoms with Crippen LogP contribution >= 0.6 is 15.9 Å². The summed E-state index contributed by atoms with van der Waals surface area (Å²) in [6.45, 7) is 5.93. The quantitative estimate of drug-likeness (QED) is 0.562. The number of alkyl halides is 2. The Labute approximate surface area is 177 Å². The van der Waals surface area contributed by atoms with Gasteiger partial charge >= 0.3 is 5.97 Å². The third-order valence-electron chi connectivity index (χ3n) is 4.94. The van der Waals surface area contributed by atoms with Crippen molar-refractivity contribution in [3.8, 4) is 0 Å². The van der Waals surface area contributed by atoms with Crippen LogP contribution in [-0.4, -0.2) is 48.1 Å². The molecule has 1 atom stereocenters. The summed E-state index contributed by atoms with van der Waals surface area (Å²) in [5.74, 6) is -7.53. The van der Waals surface area contributed by atoms with Crippen LogP contribution in [0.2, 0.25) is 0 Å². The van der Waals surface area contributed by atoms with Crippen molar-refractivity contribution in [3.05, 3.63) is 34.1 Å². The van der Waals surface area contributed by atoms with Gasteiger partial charge in [-0.05, 0) is 59.7 Å². The van der Waals surface area contributed by atoms with Crippen molar-refractivity contribution >= 4 is 31.7 Å². The largest absolute Gasteiger partial charge is 0.480 e. The van der Waals surface area contributed by atoms with Crippen LogP contribution in [0.3, 0.4) is 0 Å². The molecule has 166 valence electrons. The fraction of sp³-hybridized carbons (Fsp3) is 0.632. The van der Waals surface area contributed by atoms with Gasteiger partial charge in [-0.1, -0.05) is 15.9 Å². The first kappa shape index (κ1) is 25.9. The molecule has 1 aromatic carbocycles. The Morgan fingerprint density at radius 1 is 1.14 bits per heavy atom. The van der Waals surface area contributed by atoms with E-state index in [2.05, 4.69) is 15.9 Å². The number of ether oxygens (including phenoxy) is 1. The molecule has 0 heterocycles. The van der Waals surface area contributed by atoms with Gasteiger partial charge in [0.2, 0.25) is 0 Å². The van der Waals surface area contributed by atoms with E-state index in [0.717, 1.165) is 32.9 Å². The van der Waals surface area contributed by atoms with Gasteiger partial charge < -0.3 is 9.84 Å². The lowest BCUT2D eigenvalue weighted by atomic mass is 9.72. The molecule has 0 saturated heterocycles. The van der Waals surface area contributed by atoms with Crippen LogP contribution in [0.25, 0.3) is 0 Å². The third-order valence-corrected chi connectivity index (χ3v) is 8.26. The van der Waals surface area contributed by atoms with Gasteiger partial charge in [0.1, 0.15) is 18.0 Å². The van der Waals surface area contributed by atoms with Crippen molar-refractivity contribution in [1.82, 2.24) is 0 Å². The summed E-state index contributed by atoms with van der Waals surface area (Å²) >= 11 is 3.10. The number of rotatable bonds is 8. The molecule has 1 N–H and O–H groups in total. The summed E-state index contributed by atoms with van der Waals surface area (Å²) in [6, 6.07) is 3.37. The van der Waals surface area contributed by atoms with Gasteiger partial charge in [0.05, 0.1) is 15.9 Å². The molecule has 0 aliphatic rings. The molecule has 0 radical (unpaired) electrons. The zero-order chi connectivity index (χ0) is 23.1. The van der Waals surface area contributed by atoms with Crippen LogP contribution in [0.15, 0.2) is 22.7 Å². The van der Waals surface area contributed by atoms with Crippen LogP contribution in [0.1, 0.15) is 47.1 Å². The summed E-state index contributed by atoms with van der Waals surface area (Å²) in [4.78, 5) is 10.8. The molecule has 5 nitrogen and oxygen atoms in total. The maximum atomic E-state index is 15.9. The lowest BCUT2D eigenvalue weighted by Crippen LogP contribution is -2.61. The number of benzene rings is 1. The monoisotopic (exact) mass is 502 g/mol. The lowest BCUT2D eigenvalue weighted by molar-refractivity contribution is -0.224. The normalized spacial score (nSPS) is 15.8. The Hall–Kier alpha value is -1.13. The fourth-order valence-corrected chi connectivity index (χ4v) is 4.74. The van der Waals surface area contributed by atoms with E-state index in [1.54, 1.807) is 0 Å². The average molecular weight is 503 g/mol. The van der Waals surface area contributed by atoms with Crippen LogP contribution < -0.4 is 0 Å². The Morgan fingerprint density at radius 2 is 1.66 bits per heavy atom. The van der Waals surface area contributed by atoms with Crippen molar-refractivity contribution in [1.29, 1.82) is 0 Å². The van der Waals surface area contributed by atoms with E-state index < -0.39 is 61.2 Å². The minimum Gasteiger partial charge on any atom is -0.480 e. The van der Waals surface area contributed by atoms with Gasteiger partial charge in [0.15, 0.2) is 9.84 Å². The van der Waals surface area contributed by atoms with Crippen molar-refractivity contribution in [2.45, 2.75) is 63.2 Å². The van der Waals surface area contributed by atoms with Crippen molar-refractivity contribution in [2.24, 2.45) is 0 Å². The molecule has 0 spiro atoms. The SMILES string of the molecule is CC(C)(OCC(=O)O)C(F)(F)[C@](C)(CS(=O)(=O)C(C)(C)C)c1cc(Br)ccc1F. The molecule has 1 rings (SSSR count). The second-order valence-corrected chi connectivity index (χ2v) is 12.3. The Balaban J connectivity index is 3.76. The average Bonchev–Trinajstić information content (AvgIpc) is 2.53. The van der Waals surface area contributed by atoms with Gasteiger partial charge in [0, 0.05) is 10.0 Å². The zero-order valence-electron chi connectivity index (χ0n) is 17.1. The topological polar surface area (TPSA) is 80.7 Å². The minimum atomic E-state index is -4.14. The van der Waals surface area contributed by atoms with Crippen LogP contribution in [-0.2, 0) is 24.8 Å². The molecular weight excluding hydrogens is 477 g/mol. The summed E-state index contributed by atoms with van der Waals surface area (Å²) in [5.41, 5.74) is -5.49. The van der Waals surface area contributed by atoms with E-state index >= 15 is 8.78 Å². The fourth-order valence-electron chi connectivity index (χ4n) is 2.85. The van der Waals surface area contributed by atoms with Gasteiger partial charge in [-0.2, -0.15) is 0 Å². The molecule has 0 aromatic heterocycles. The molecule has 29 heavy (non-hydrogen) atoms. The van der Waals surface area contributed by atoms with Gasteiger partial charge in [-0.25, -0.2) is 26.4 Å². The number of sulfone groups is 1.